The van der Waals surface area contributed by atoms with Crippen molar-refractivity contribution in [2.24, 2.45) is 0 Å². The minimum atomic E-state index is -0.136. The molecule has 0 aromatic heterocycles. The van der Waals surface area contributed by atoms with E-state index in [0.717, 1.165) is 23.5 Å². The van der Waals surface area contributed by atoms with Crippen molar-refractivity contribution in [2.45, 2.75) is 6.42 Å². The molecule has 2 aromatic rings. The lowest BCUT2D eigenvalue weighted by molar-refractivity contribution is 0.608. The van der Waals surface area contributed by atoms with Crippen molar-refractivity contribution in [2.75, 3.05) is 24.2 Å². The number of benzene rings is 2. The number of nitrogens with zero attached hydrogens (tertiary/aromatic N) is 1. The van der Waals surface area contributed by atoms with E-state index in [0.29, 0.717) is 6.42 Å². The van der Waals surface area contributed by atoms with Gasteiger partial charge in [-0.3, -0.25) is 0 Å². The minimum Gasteiger partial charge on any atom is -0.399 e. The molecule has 2 N–H and O–H groups in total. The maximum Gasteiger partial charge on any atom is 0.126 e. The number of hydrogen-bond donors (Lipinski definition) is 1. The molecule has 0 atom stereocenters. The molecule has 0 bridgehead atoms. The Labute approximate surface area is 107 Å². The third-order valence-electron chi connectivity index (χ3n) is 3.01. The number of nitrogens with two attached hydrogens (primary N) is 1. The van der Waals surface area contributed by atoms with Gasteiger partial charge in [0.05, 0.1) is 0 Å². The van der Waals surface area contributed by atoms with Crippen LogP contribution in [0.2, 0.25) is 0 Å². The highest BCUT2D eigenvalue weighted by molar-refractivity contribution is 5.52. The number of anilines is 2. The van der Waals surface area contributed by atoms with Crippen molar-refractivity contribution in [3.05, 3.63) is 59.9 Å². The SMILES string of the molecule is CN(CCc1ccccc1F)c1ccc(N)cc1. The first kappa shape index (κ1) is 12.4. The first-order chi connectivity index (χ1) is 8.66. The molecular weight excluding hydrogens is 227 g/mol. The van der Waals surface area contributed by atoms with Gasteiger partial charge in [0, 0.05) is 25.0 Å². The lowest BCUT2D eigenvalue weighted by Gasteiger charge is -2.19. The van der Waals surface area contributed by atoms with Crippen LogP contribution in [0.4, 0.5) is 15.8 Å². The van der Waals surface area contributed by atoms with E-state index in [-0.39, 0.29) is 5.82 Å². The maximum atomic E-state index is 13.5. The molecule has 2 aromatic carbocycles. The summed E-state index contributed by atoms with van der Waals surface area (Å²) < 4.78 is 13.5. The summed E-state index contributed by atoms with van der Waals surface area (Å²) in [4.78, 5) is 2.09. The number of nitrogen functional groups attached to an aromatic ring is 1. The smallest absolute Gasteiger partial charge is 0.126 e. The molecule has 94 valence electrons. The van der Waals surface area contributed by atoms with Gasteiger partial charge in [0.1, 0.15) is 5.82 Å². The molecule has 0 unspecified atom stereocenters. The molecule has 3 heteroatoms. The molecule has 0 fully saturated rings. The highest BCUT2D eigenvalue weighted by atomic mass is 19.1. The summed E-state index contributed by atoms with van der Waals surface area (Å²) in [7, 11) is 1.99. The third kappa shape index (κ3) is 3.00. The second-order valence-electron chi connectivity index (χ2n) is 4.35. The van der Waals surface area contributed by atoms with Crippen LogP contribution < -0.4 is 10.6 Å². The quantitative estimate of drug-likeness (QED) is 0.837. The molecule has 0 saturated heterocycles. The molecule has 0 heterocycles. The number of hydrogen-bond acceptors (Lipinski definition) is 2. The highest BCUT2D eigenvalue weighted by Gasteiger charge is 2.04. The molecule has 0 radical (unpaired) electrons. The molecule has 0 amide bonds. The predicted octanol–water partition coefficient (Wildman–Crippen LogP) is 3.09. The maximum absolute atomic E-state index is 13.5. The van der Waals surface area contributed by atoms with Crippen LogP contribution in [-0.2, 0) is 6.42 Å². The van der Waals surface area contributed by atoms with Gasteiger partial charge in [0.25, 0.3) is 0 Å². The number of likely N-dealkylation sites (N-methyl/N-ethyl adjacent to an activating group) is 1. The Hall–Kier alpha value is -2.03. The van der Waals surface area contributed by atoms with Crippen LogP contribution in [0.5, 0.6) is 0 Å². The van der Waals surface area contributed by atoms with Gasteiger partial charge in [-0.05, 0) is 42.3 Å². The number of rotatable bonds is 4. The Morgan fingerprint density at radius 2 is 1.72 bits per heavy atom. The van der Waals surface area contributed by atoms with E-state index in [1.54, 1.807) is 6.07 Å². The molecule has 2 nitrogen and oxygen atoms in total. The third-order valence-corrected chi connectivity index (χ3v) is 3.01. The van der Waals surface area contributed by atoms with Gasteiger partial charge in [-0.2, -0.15) is 0 Å². The second kappa shape index (κ2) is 5.54. The average Bonchev–Trinajstić information content (AvgIpc) is 2.38. The second-order valence-corrected chi connectivity index (χ2v) is 4.35. The van der Waals surface area contributed by atoms with Crippen molar-refractivity contribution in [3.63, 3.8) is 0 Å². The van der Waals surface area contributed by atoms with E-state index >= 15 is 0 Å². The molecule has 0 saturated carbocycles. The predicted molar refractivity (Wildman–Crippen MR) is 74.2 cm³/mol. The summed E-state index contributed by atoms with van der Waals surface area (Å²) in [6, 6.07) is 14.6. The summed E-state index contributed by atoms with van der Waals surface area (Å²) in [5.41, 5.74) is 8.23. The minimum absolute atomic E-state index is 0.136. The lowest BCUT2D eigenvalue weighted by Crippen LogP contribution is -2.20. The summed E-state index contributed by atoms with van der Waals surface area (Å²) in [5, 5.41) is 0. The van der Waals surface area contributed by atoms with E-state index in [1.165, 1.54) is 6.07 Å². The van der Waals surface area contributed by atoms with Gasteiger partial charge in [-0.1, -0.05) is 18.2 Å². The van der Waals surface area contributed by atoms with Crippen molar-refractivity contribution < 1.29 is 4.39 Å². The van der Waals surface area contributed by atoms with Crippen LogP contribution in [-0.4, -0.2) is 13.6 Å². The Kier molecular flexibility index (Phi) is 3.82. The molecule has 0 aliphatic rings. The zero-order valence-corrected chi connectivity index (χ0v) is 10.4. The highest BCUT2D eigenvalue weighted by Crippen LogP contribution is 2.16. The van der Waals surface area contributed by atoms with E-state index in [2.05, 4.69) is 4.90 Å². The largest absolute Gasteiger partial charge is 0.399 e. The van der Waals surface area contributed by atoms with Gasteiger partial charge in [-0.15, -0.1) is 0 Å². The fourth-order valence-electron chi connectivity index (χ4n) is 1.85. The van der Waals surface area contributed by atoms with Gasteiger partial charge in [0.15, 0.2) is 0 Å². The first-order valence-electron chi connectivity index (χ1n) is 5.97. The molecule has 0 spiro atoms. The molecule has 0 aliphatic carbocycles. The van der Waals surface area contributed by atoms with E-state index < -0.39 is 0 Å². The van der Waals surface area contributed by atoms with Crippen LogP contribution in [0.3, 0.4) is 0 Å². The lowest BCUT2D eigenvalue weighted by atomic mass is 10.1. The number of halogens is 1. The fraction of sp³-hybridized carbons (Fsp3) is 0.200. The average molecular weight is 244 g/mol. The molecule has 2 rings (SSSR count). The van der Waals surface area contributed by atoms with Crippen molar-refractivity contribution in [1.29, 1.82) is 0 Å². The zero-order chi connectivity index (χ0) is 13.0. The van der Waals surface area contributed by atoms with Crippen LogP contribution >= 0.6 is 0 Å². The van der Waals surface area contributed by atoms with Gasteiger partial charge in [-0.25, -0.2) is 4.39 Å². The first-order valence-corrected chi connectivity index (χ1v) is 5.97. The Bertz CT molecular complexity index is 508. The van der Waals surface area contributed by atoms with Crippen LogP contribution in [0, 0.1) is 5.82 Å². The van der Waals surface area contributed by atoms with Gasteiger partial charge >= 0.3 is 0 Å². The normalized spacial score (nSPS) is 10.3. The van der Waals surface area contributed by atoms with Gasteiger partial charge < -0.3 is 10.6 Å². The Morgan fingerprint density at radius 3 is 2.39 bits per heavy atom. The van der Waals surface area contributed by atoms with Gasteiger partial charge in [0.2, 0.25) is 0 Å². The summed E-state index contributed by atoms with van der Waals surface area (Å²) in [5.74, 6) is -0.136. The Balaban J connectivity index is 1.98. The van der Waals surface area contributed by atoms with Crippen molar-refractivity contribution in [3.8, 4) is 0 Å². The van der Waals surface area contributed by atoms with Crippen LogP contribution in [0.1, 0.15) is 5.56 Å². The molecular formula is C15H17FN2. The van der Waals surface area contributed by atoms with Crippen LogP contribution in [0.25, 0.3) is 0 Å². The Morgan fingerprint density at radius 1 is 1.06 bits per heavy atom. The zero-order valence-electron chi connectivity index (χ0n) is 10.4. The van der Waals surface area contributed by atoms with Crippen LogP contribution in [0.15, 0.2) is 48.5 Å². The standard InChI is InChI=1S/C15H17FN2/c1-18(14-8-6-13(17)7-9-14)11-10-12-4-2-3-5-15(12)16/h2-9H,10-11,17H2,1H3. The van der Waals surface area contributed by atoms with E-state index in [9.17, 15) is 4.39 Å². The van der Waals surface area contributed by atoms with E-state index in [1.807, 2.05) is 43.4 Å². The topological polar surface area (TPSA) is 29.3 Å². The fourth-order valence-corrected chi connectivity index (χ4v) is 1.85. The summed E-state index contributed by atoms with van der Waals surface area (Å²) in [6.45, 7) is 0.769. The summed E-state index contributed by atoms with van der Waals surface area (Å²) >= 11 is 0. The van der Waals surface area contributed by atoms with Crippen molar-refractivity contribution >= 4 is 11.4 Å². The monoisotopic (exact) mass is 244 g/mol. The molecule has 0 aliphatic heterocycles. The summed E-state index contributed by atoms with van der Waals surface area (Å²) in [6.07, 6.45) is 0.688. The van der Waals surface area contributed by atoms with E-state index in [4.69, 9.17) is 5.73 Å². The molecule has 18 heavy (non-hydrogen) atoms. The van der Waals surface area contributed by atoms with Crippen molar-refractivity contribution in [1.82, 2.24) is 0 Å².